The van der Waals surface area contributed by atoms with Gasteiger partial charge in [-0.1, -0.05) is 77.1 Å². The fraction of sp³-hybridized carbons (Fsp3) is 0.667. The number of benzene rings is 1. The lowest BCUT2D eigenvalue weighted by atomic mass is 9.96. The molecule has 1 rings (SSSR count). The predicted molar refractivity (Wildman–Crippen MR) is 99.8 cm³/mol. The number of nitrogens with one attached hydrogen (secondary N) is 1. The third kappa shape index (κ3) is 8.20. The van der Waals surface area contributed by atoms with Gasteiger partial charge in [-0.15, -0.1) is 0 Å². The summed E-state index contributed by atoms with van der Waals surface area (Å²) in [4.78, 5) is 12.2. The van der Waals surface area contributed by atoms with E-state index in [1.165, 1.54) is 37.7 Å². The second kappa shape index (κ2) is 11.3. The van der Waals surface area contributed by atoms with Gasteiger partial charge in [0.15, 0.2) is 0 Å². The number of carbonyl (C=O) groups excluding carboxylic acids is 1. The molecular weight excluding hydrogens is 282 g/mol. The van der Waals surface area contributed by atoms with Gasteiger partial charge in [0.1, 0.15) is 0 Å². The molecule has 0 aromatic heterocycles. The molecule has 0 aliphatic heterocycles. The molecule has 1 unspecified atom stereocenters. The molecular formula is C21H35NO. The van der Waals surface area contributed by atoms with Crippen molar-refractivity contribution < 1.29 is 4.79 Å². The molecule has 0 saturated heterocycles. The van der Waals surface area contributed by atoms with Gasteiger partial charge in [-0.3, -0.25) is 4.79 Å². The van der Waals surface area contributed by atoms with Crippen LogP contribution in [0.2, 0.25) is 0 Å². The van der Waals surface area contributed by atoms with Crippen LogP contribution in [0.5, 0.6) is 0 Å². The molecule has 2 heteroatoms. The fourth-order valence-corrected chi connectivity index (χ4v) is 2.84. The summed E-state index contributed by atoms with van der Waals surface area (Å²) in [7, 11) is 0. The van der Waals surface area contributed by atoms with Gasteiger partial charge in [0, 0.05) is 6.54 Å². The van der Waals surface area contributed by atoms with E-state index in [4.69, 9.17) is 0 Å². The molecule has 0 spiro atoms. The van der Waals surface area contributed by atoms with Crippen LogP contribution >= 0.6 is 0 Å². The van der Waals surface area contributed by atoms with Crippen LogP contribution < -0.4 is 5.32 Å². The first kappa shape index (κ1) is 19.7. The van der Waals surface area contributed by atoms with Crippen molar-refractivity contribution in [3.05, 3.63) is 35.4 Å². The van der Waals surface area contributed by atoms with Crippen molar-refractivity contribution in [2.45, 2.75) is 78.6 Å². The largest absolute Gasteiger partial charge is 0.356 e. The maximum absolute atomic E-state index is 12.2. The van der Waals surface area contributed by atoms with Crippen molar-refractivity contribution in [2.24, 2.45) is 5.92 Å². The van der Waals surface area contributed by atoms with E-state index in [9.17, 15) is 4.79 Å². The first-order chi connectivity index (χ1) is 11.0. The highest BCUT2D eigenvalue weighted by atomic mass is 16.1. The summed E-state index contributed by atoms with van der Waals surface area (Å²) in [5, 5.41) is 3.08. The Morgan fingerprint density at radius 3 is 2.17 bits per heavy atom. The van der Waals surface area contributed by atoms with Gasteiger partial charge in [0.05, 0.1) is 5.92 Å². The summed E-state index contributed by atoms with van der Waals surface area (Å²) in [6, 6.07) is 8.53. The molecule has 23 heavy (non-hydrogen) atoms. The Hall–Kier alpha value is -1.31. The Balaban J connectivity index is 2.30. The average Bonchev–Trinajstić information content (AvgIpc) is 2.53. The number of unbranched alkanes of at least 4 members (excludes halogenated alkanes) is 5. The zero-order chi connectivity index (χ0) is 17.1. The molecule has 1 aromatic rings. The van der Waals surface area contributed by atoms with Gasteiger partial charge in [0.2, 0.25) is 5.91 Å². The van der Waals surface area contributed by atoms with Crippen LogP contribution in [0.1, 0.15) is 83.3 Å². The Kier molecular flexibility index (Phi) is 9.66. The van der Waals surface area contributed by atoms with Gasteiger partial charge in [0.25, 0.3) is 0 Å². The van der Waals surface area contributed by atoms with Crippen LogP contribution in [0, 0.1) is 5.92 Å². The van der Waals surface area contributed by atoms with Crippen LogP contribution in [-0.2, 0) is 11.2 Å². The zero-order valence-corrected chi connectivity index (χ0v) is 15.5. The van der Waals surface area contributed by atoms with E-state index < -0.39 is 0 Å². The summed E-state index contributed by atoms with van der Waals surface area (Å²) in [5.41, 5.74) is 2.46. The number of hydrogen-bond donors (Lipinski definition) is 1. The Morgan fingerprint density at radius 1 is 0.957 bits per heavy atom. The zero-order valence-electron chi connectivity index (χ0n) is 15.5. The minimum atomic E-state index is -0.0665. The molecule has 0 radical (unpaired) electrons. The van der Waals surface area contributed by atoms with Crippen LogP contribution in [0.25, 0.3) is 0 Å². The van der Waals surface area contributed by atoms with E-state index >= 15 is 0 Å². The van der Waals surface area contributed by atoms with Crippen molar-refractivity contribution in [3.63, 3.8) is 0 Å². The first-order valence-corrected chi connectivity index (χ1v) is 9.41. The maximum atomic E-state index is 12.2. The highest BCUT2D eigenvalue weighted by Crippen LogP contribution is 2.17. The van der Waals surface area contributed by atoms with Crippen molar-refractivity contribution >= 4 is 5.91 Å². The highest BCUT2D eigenvalue weighted by Gasteiger charge is 2.14. The first-order valence-electron chi connectivity index (χ1n) is 9.41. The molecule has 0 aliphatic rings. The third-order valence-corrected chi connectivity index (χ3v) is 4.35. The minimum Gasteiger partial charge on any atom is -0.356 e. The standard InChI is InChI=1S/C21H35NO/c1-5-6-7-8-9-10-15-22-21(23)18(4)20-13-11-19(12-14-20)16-17(2)3/h11-14,17-18H,5-10,15-16H2,1-4H3,(H,22,23). The molecule has 0 heterocycles. The monoisotopic (exact) mass is 317 g/mol. The second-order valence-electron chi connectivity index (χ2n) is 7.12. The molecule has 0 fully saturated rings. The number of rotatable bonds is 11. The molecule has 1 aromatic carbocycles. The van der Waals surface area contributed by atoms with Crippen LogP contribution in [-0.4, -0.2) is 12.5 Å². The number of carbonyl (C=O) groups is 1. The van der Waals surface area contributed by atoms with E-state index in [0.717, 1.165) is 24.9 Å². The normalized spacial score (nSPS) is 12.4. The SMILES string of the molecule is CCCCCCCCNC(=O)C(C)c1ccc(CC(C)C)cc1. The van der Waals surface area contributed by atoms with Gasteiger partial charge in [-0.2, -0.15) is 0 Å². The molecule has 0 bridgehead atoms. The number of amides is 1. The van der Waals surface area contributed by atoms with E-state index in [-0.39, 0.29) is 11.8 Å². The van der Waals surface area contributed by atoms with E-state index in [1.54, 1.807) is 0 Å². The summed E-state index contributed by atoms with van der Waals surface area (Å²) in [6.45, 7) is 9.49. The van der Waals surface area contributed by atoms with Crippen molar-refractivity contribution in [1.29, 1.82) is 0 Å². The van der Waals surface area contributed by atoms with Crippen LogP contribution in [0.15, 0.2) is 24.3 Å². The van der Waals surface area contributed by atoms with Gasteiger partial charge >= 0.3 is 0 Å². The smallest absolute Gasteiger partial charge is 0.227 e. The predicted octanol–water partition coefficient (Wildman–Crippen LogP) is 5.47. The molecule has 0 aliphatic carbocycles. The molecule has 130 valence electrons. The van der Waals surface area contributed by atoms with Gasteiger partial charge < -0.3 is 5.32 Å². The third-order valence-electron chi connectivity index (χ3n) is 4.35. The lowest BCUT2D eigenvalue weighted by Gasteiger charge is -2.13. The van der Waals surface area contributed by atoms with Crippen LogP contribution in [0.3, 0.4) is 0 Å². The topological polar surface area (TPSA) is 29.1 Å². The maximum Gasteiger partial charge on any atom is 0.227 e. The quantitative estimate of drug-likeness (QED) is 0.539. The van der Waals surface area contributed by atoms with E-state index in [2.05, 4.69) is 50.4 Å². The van der Waals surface area contributed by atoms with Gasteiger partial charge in [-0.05, 0) is 36.8 Å². The lowest BCUT2D eigenvalue weighted by Crippen LogP contribution is -2.28. The fourth-order valence-electron chi connectivity index (χ4n) is 2.84. The Morgan fingerprint density at radius 2 is 1.57 bits per heavy atom. The molecule has 1 N–H and O–H groups in total. The summed E-state index contributed by atoms with van der Waals surface area (Å²) in [6.07, 6.45) is 8.63. The van der Waals surface area contributed by atoms with E-state index in [0.29, 0.717) is 5.92 Å². The van der Waals surface area contributed by atoms with E-state index in [1.807, 2.05) is 6.92 Å². The average molecular weight is 318 g/mol. The molecule has 0 saturated carbocycles. The van der Waals surface area contributed by atoms with Crippen molar-refractivity contribution in [3.8, 4) is 0 Å². The second-order valence-corrected chi connectivity index (χ2v) is 7.12. The highest BCUT2D eigenvalue weighted by molar-refractivity contribution is 5.83. The molecule has 2 nitrogen and oxygen atoms in total. The van der Waals surface area contributed by atoms with Crippen molar-refractivity contribution in [2.75, 3.05) is 6.54 Å². The Bertz CT molecular complexity index is 436. The lowest BCUT2D eigenvalue weighted by molar-refractivity contribution is -0.122. The molecule has 1 amide bonds. The summed E-state index contributed by atoms with van der Waals surface area (Å²) < 4.78 is 0. The number of hydrogen-bond acceptors (Lipinski definition) is 1. The summed E-state index contributed by atoms with van der Waals surface area (Å²) >= 11 is 0. The summed E-state index contributed by atoms with van der Waals surface area (Å²) in [5.74, 6) is 0.747. The minimum absolute atomic E-state index is 0.0665. The van der Waals surface area contributed by atoms with Gasteiger partial charge in [-0.25, -0.2) is 0 Å². The van der Waals surface area contributed by atoms with Crippen LogP contribution in [0.4, 0.5) is 0 Å². The van der Waals surface area contributed by atoms with Crippen molar-refractivity contribution in [1.82, 2.24) is 5.32 Å². The molecule has 1 atom stereocenters. The Labute approximate surface area is 143 Å².